The molecule has 2 aromatic heterocycles. The van der Waals surface area contributed by atoms with Gasteiger partial charge in [0.25, 0.3) is 0 Å². The molecule has 0 saturated heterocycles. The SMILES string of the molecule is O=C(Nc1nccs1)C(F)(F)C(F)(F)C(F)(F)C(F)(F)C(=O)Nc1nccs1. The molecule has 0 unspecified atom stereocenters. The molecule has 2 amide bonds. The lowest BCUT2D eigenvalue weighted by Crippen LogP contribution is -2.67. The zero-order valence-corrected chi connectivity index (χ0v) is 14.5. The molecule has 154 valence electrons. The van der Waals surface area contributed by atoms with E-state index >= 15 is 0 Å². The van der Waals surface area contributed by atoms with Crippen molar-refractivity contribution in [2.45, 2.75) is 23.7 Å². The maximum atomic E-state index is 13.7. The van der Waals surface area contributed by atoms with Gasteiger partial charge in [0.1, 0.15) is 0 Å². The van der Waals surface area contributed by atoms with Crippen LogP contribution in [0.15, 0.2) is 23.2 Å². The summed E-state index contributed by atoms with van der Waals surface area (Å²) in [4.78, 5) is 29.1. The molecule has 0 aliphatic carbocycles. The fourth-order valence-corrected chi connectivity index (χ4v) is 2.65. The van der Waals surface area contributed by atoms with E-state index < -0.39 is 45.8 Å². The van der Waals surface area contributed by atoms with Gasteiger partial charge in [0, 0.05) is 23.2 Å². The van der Waals surface area contributed by atoms with Crippen LogP contribution < -0.4 is 10.6 Å². The third-order valence-corrected chi connectivity index (χ3v) is 4.44. The minimum Gasteiger partial charge on any atom is -0.296 e. The van der Waals surface area contributed by atoms with Gasteiger partial charge in [-0.2, -0.15) is 35.1 Å². The second-order valence-corrected chi connectivity index (χ2v) is 6.67. The van der Waals surface area contributed by atoms with Crippen LogP contribution in [0.3, 0.4) is 0 Å². The third kappa shape index (κ3) is 3.52. The van der Waals surface area contributed by atoms with Crippen LogP contribution in [-0.2, 0) is 9.59 Å². The minimum absolute atomic E-state index is 0.471. The normalized spacial score (nSPS) is 13.3. The molecular formula is C12H6F8N4O2S2. The largest absolute Gasteiger partial charge is 0.393 e. The lowest BCUT2D eigenvalue weighted by molar-refractivity contribution is -0.345. The highest BCUT2D eigenvalue weighted by Crippen LogP contribution is 2.53. The van der Waals surface area contributed by atoms with Gasteiger partial charge in [0.2, 0.25) is 0 Å². The van der Waals surface area contributed by atoms with Crippen LogP contribution in [0, 0.1) is 0 Å². The molecule has 0 radical (unpaired) electrons. The van der Waals surface area contributed by atoms with Crippen molar-refractivity contribution < 1.29 is 44.7 Å². The Morgan fingerprint density at radius 3 is 1.29 bits per heavy atom. The smallest absolute Gasteiger partial charge is 0.296 e. The number of hydrogen-bond donors (Lipinski definition) is 2. The van der Waals surface area contributed by atoms with E-state index in [1.807, 2.05) is 0 Å². The van der Waals surface area contributed by atoms with Gasteiger partial charge in [-0.1, -0.05) is 0 Å². The summed E-state index contributed by atoms with van der Waals surface area (Å²) < 4.78 is 110. The molecule has 0 aliphatic heterocycles. The number of rotatable bonds is 7. The molecule has 0 fully saturated rings. The first-order valence-electron chi connectivity index (χ1n) is 6.68. The van der Waals surface area contributed by atoms with Crippen LogP contribution >= 0.6 is 22.7 Å². The first-order valence-corrected chi connectivity index (χ1v) is 8.44. The molecule has 6 nitrogen and oxygen atoms in total. The van der Waals surface area contributed by atoms with E-state index in [0.29, 0.717) is 22.7 Å². The molecule has 0 bridgehead atoms. The number of hydrogen-bond acceptors (Lipinski definition) is 6. The van der Waals surface area contributed by atoms with E-state index in [1.165, 1.54) is 0 Å². The first kappa shape index (κ1) is 21.9. The van der Waals surface area contributed by atoms with Gasteiger partial charge in [-0.25, -0.2) is 9.97 Å². The quantitative estimate of drug-likeness (QED) is 0.625. The number of halogens is 8. The molecule has 0 aromatic carbocycles. The number of nitrogens with one attached hydrogen (secondary N) is 2. The van der Waals surface area contributed by atoms with Crippen molar-refractivity contribution in [3.05, 3.63) is 23.2 Å². The molecule has 2 rings (SSSR count). The minimum atomic E-state index is -6.95. The predicted molar refractivity (Wildman–Crippen MR) is 81.3 cm³/mol. The van der Waals surface area contributed by atoms with E-state index in [0.717, 1.165) is 33.8 Å². The summed E-state index contributed by atoms with van der Waals surface area (Å²) in [5.41, 5.74) is 0. The van der Waals surface area contributed by atoms with E-state index in [9.17, 15) is 44.7 Å². The highest BCUT2D eigenvalue weighted by molar-refractivity contribution is 7.14. The third-order valence-electron chi connectivity index (χ3n) is 3.06. The van der Waals surface area contributed by atoms with Gasteiger partial charge < -0.3 is 0 Å². The second kappa shape index (κ2) is 7.23. The zero-order chi connectivity index (χ0) is 21.4. The molecule has 0 aliphatic rings. The Bertz CT molecular complexity index is 772. The number of carbonyl (C=O) groups is 2. The average molecular weight is 454 g/mol. The predicted octanol–water partition coefficient (Wildman–Crippen LogP) is 3.72. The molecule has 2 aromatic rings. The van der Waals surface area contributed by atoms with Crippen molar-refractivity contribution in [3.63, 3.8) is 0 Å². The monoisotopic (exact) mass is 454 g/mol. The molecule has 2 heterocycles. The standard InChI is InChI=1S/C12H6F8N4O2S2/c13-9(14,5(25)23-7-21-1-3-27-7)11(17,18)12(19,20)10(15,16)6(26)24-8-22-2-4-28-8/h1-4H,(H,21,23,25)(H,22,24,26). The topological polar surface area (TPSA) is 84.0 Å². The van der Waals surface area contributed by atoms with Crippen LogP contribution in [0.4, 0.5) is 45.4 Å². The molecular weight excluding hydrogens is 448 g/mol. The van der Waals surface area contributed by atoms with Gasteiger partial charge in [0.05, 0.1) is 0 Å². The van der Waals surface area contributed by atoms with Crippen LogP contribution in [0.25, 0.3) is 0 Å². The van der Waals surface area contributed by atoms with E-state index in [2.05, 4.69) is 9.97 Å². The number of aromatic nitrogens is 2. The lowest BCUT2D eigenvalue weighted by Gasteiger charge is -2.35. The number of amides is 2. The number of nitrogens with zero attached hydrogens (tertiary/aromatic N) is 2. The fraction of sp³-hybridized carbons (Fsp3) is 0.333. The summed E-state index contributed by atoms with van der Waals surface area (Å²) in [6, 6.07) is 0. The van der Waals surface area contributed by atoms with Gasteiger partial charge in [-0.05, 0) is 0 Å². The number of thiazole rings is 2. The van der Waals surface area contributed by atoms with Crippen LogP contribution in [0.5, 0.6) is 0 Å². The van der Waals surface area contributed by atoms with Crippen molar-refractivity contribution in [2.75, 3.05) is 10.6 Å². The first-order chi connectivity index (χ1) is 12.7. The fourth-order valence-electron chi connectivity index (χ4n) is 1.60. The summed E-state index contributed by atoms with van der Waals surface area (Å²) in [6.45, 7) is 0. The van der Waals surface area contributed by atoms with Crippen molar-refractivity contribution in [3.8, 4) is 0 Å². The van der Waals surface area contributed by atoms with Crippen molar-refractivity contribution in [1.29, 1.82) is 0 Å². The van der Waals surface area contributed by atoms with Gasteiger partial charge in [-0.15, -0.1) is 22.7 Å². The summed E-state index contributed by atoms with van der Waals surface area (Å²) in [6.07, 6.45) is 1.92. The maximum Gasteiger partial charge on any atom is 0.393 e. The maximum absolute atomic E-state index is 13.7. The Hall–Kier alpha value is -2.36. The lowest BCUT2D eigenvalue weighted by atomic mass is 9.97. The van der Waals surface area contributed by atoms with E-state index in [1.54, 1.807) is 0 Å². The van der Waals surface area contributed by atoms with E-state index in [4.69, 9.17) is 0 Å². The zero-order valence-electron chi connectivity index (χ0n) is 12.9. The molecule has 0 atom stereocenters. The highest BCUT2D eigenvalue weighted by Gasteiger charge is 2.84. The Morgan fingerprint density at radius 2 is 1.04 bits per heavy atom. The number of anilines is 2. The van der Waals surface area contributed by atoms with Gasteiger partial charge in [-0.3, -0.25) is 20.2 Å². The Kier molecular flexibility index (Phi) is 5.66. The Morgan fingerprint density at radius 1 is 0.714 bits per heavy atom. The van der Waals surface area contributed by atoms with Crippen LogP contribution in [0.2, 0.25) is 0 Å². The van der Waals surface area contributed by atoms with Crippen LogP contribution in [0.1, 0.15) is 0 Å². The number of alkyl halides is 8. The van der Waals surface area contributed by atoms with Crippen molar-refractivity contribution >= 4 is 44.8 Å². The van der Waals surface area contributed by atoms with Crippen LogP contribution in [-0.4, -0.2) is 45.5 Å². The molecule has 2 N–H and O–H groups in total. The summed E-state index contributed by atoms with van der Waals surface area (Å²) >= 11 is 0.942. The summed E-state index contributed by atoms with van der Waals surface area (Å²) in [7, 11) is 0. The Balaban J connectivity index is 2.31. The van der Waals surface area contributed by atoms with Crippen molar-refractivity contribution in [1.82, 2.24) is 9.97 Å². The van der Waals surface area contributed by atoms with Gasteiger partial charge in [0.15, 0.2) is 10.3 Å². The van der Waals surface area contributed by atoms with Crippen molar-refractivity contribution in [2.24, 2.45) is 0 Å². The van der Waals surface area contributed by atoms with Gasteiger partial charge >= 0.3 is 35.5 Å². The summed E-state index contributed by atoms with van der Waals surface area (Å²) in [5.74, 6) is -32.6. The molecule has 0 saturated carbocycles. The number of carbonyl (C=O) groups excluding carboxylic acids is 2. The van der Waals surface area contributed by atoms with E-state index in [-0.39, 0.29) is 0 Å². The Labute approximate surface area is 157 Å². The average Bonchev–Trinajstić information content (AvgIpc) is 3.28. The second-order valence-electron chi connectivity index (χ2n) is 4.88. The molecule has 16 heteroatoms. The molecule has 0 spiro atoms. The molecule has 28 heavy (non-hydrogen) atoms. The summed E-state index contributed by atoms with van der Waals surface area (Å²) in [5, 5.41) is 3.12. The highest BCUT2D eigenvalue weighted by atomic mass is 32.1.